The van der Waals surface area contributed by atoms with Crippen molar-refractivity contribution in [2.45, 2.75) is 60.2 Å². The van der Waals surface area contributed by atoms with E-state index in [-0.39, 0.29) is 55.6 Å². The minimum absolute atomic E-state index is 0.0132. The molecule has 0 N–H and O–H groups in total. The number of sulfone groups is 1. The molecule has 0 aliphatic heterocycles. The Kier molecular flexibility index (Phi) is 6.00. The lowest BCUT2D eigenvalue weighted by Crippen LogP contribution is -2.20. The molecule has 11 heteroatoms. The molecule has 0 saturated heterocycles. The van der Waals surface area contributed by atoms with Gasteiger partial charge in [-0.25, -0.2) is 8.42 Å². The Labute approximate surface area is 190 Å². The van der Waals surface area contributed by atoms with Crippen LogP contribution in [0.1, 0.15) is 61.5 Å². The van der Waals surface area contributed by atoms with E-state index in [9.17, 15) is 28.6 Å². The predicted molar refractivity (Wildman–Crippen MR) is 118 cm³/mol. The van der Waals surface area contributed by atoms with Crippen LogP contribution in [0.4, 0.5) is 11.4 Å². The van der Waals surface area contributed by atoms with Crippen LogP contribution >= 0.6 is 0 Å². The normalized spacial score (nSPS) is 16.5. The van der Waals surface area contributed by atoms with Gasteiger partial charge in [0, 0.05) is 0 Å². The van der Waals surface area contributed by atoms with Gasteiger partial charge in [-0.15, -0.1) is 0 Å². The SMILES string of the molecule is COc1ccc(S(=O)(=O)c2ccc(OC)c([N+](=O)[O-])c2C2CCC2)c(C2CCC2)c1[N+](=O)[O-]. The highest BCUT2D eigenvalue weighted by atomic mass is 32.2. The van der Waals surface area contributed by atoms with E-state index in [1.165, 1.54) is 38.5 Å². The highest BCUT2D eigenvalue weighted by molar-refractivity contribution is 7.91. The highest BCUT2D eigenvalue weighted by Gasteiger charge is 2.41. The number of methoxy groups -OCH3 is 2. The summed E-state index contributed by atoms with van der Waals surface area (Å²) in [5.74, 6) is -0.627. The standard InChI is InChI=1S/C22H24N2O8S/c1-31-15-9-11-17(19(13-5-3-6-13)21(15)23(25)26)33(29,30)18-12-10-16(32-2)22(24(27)28)20(18)14-7-4-8-14/h9-14H,3-8H2,1-2H3. The molecule has 0 heterocycles. The molecule has 176 valence electrons. The maximum absolute atomic E-state index is 14.0. The maximum atomic E-state index is 14.0. The molecule has 2 aliphatic carbocycles. The van der Waals surface area contributed by atoms with Crippen molar-refractivity contribution in [2.75, 3.05) is 14.2 Å². The van der Waals surface area contributed by atoms with Crippen LogP contribution in [0.15, 0.2) is 34.1 Å². The molecule has 0 unspecified atom stereocenters. The minimum Gasteiger partial charge on any atom is -0.490 e. The summed E-state index contributed by atoms with van der Waals surface area (Å²) in [5, 5.41) is 23.9. The van der Waals surface area contributed by atoms with E-state index in [0.29, 0.717) is 25.7 Å². The first-order chi connectivity index (χ1) is 15.7. The second-order valence-corrected chi connectivity index (χ2v) is 10.2. The maximum Gasteiger partial charge on any atom is 0.315 e. The van der Waals surface area contributed by atoms with Gasteiger partial charge >= 0.3 is 11.4 Å². The van der Waals surface area contributed by atoms with Gasteiger partial charge in [0.05, 0.1) is 45.0 Å². The number of benzene rings is 2. The van der Waals surface area contributed by atoms with Gasteiger partial charge in [-0.05, 0) is 61.8 Å². The molecule has 2 aromatic carbocycles. The topological polar surface area (TPSA) is 139 Å². The predicted octanol–water partition coefficient (Wildman–Crippen LogP) is 4.89. The van der Waals surface area contributed by atoms with Gasteiger partial charge in [0.25, 0.3) is 0 Å². The molecule has 33 heavy (non-hydrogen) atoms. The van der Waals surface area contributed by atoms with E-state index in [0.717, 1.165) is 12.8 Å². The molecule has 2 saturated carbocycles. The number of nitro groups is 2. The lowest BCUT2D eigenvalue weighted by Gasteiger charge is -2.30. The molecule has 0 amide bonds. The van der Waals surface area contributed by atoms with E-state index in [4.69, 9.17) is 9.47 Å². The second kappa shape index (κ2) is 8.62. The molecule has 0 bridgehead atoms. The molecule has 4 rings (SSSR count). The molecule has 0 spiro atoms. The summed E-state index contributed by atoms with van der Waals surface area (Å²) < 4.78 is 38.3. The third kappa shape index (κ3) is 3.69. The van der Waals surface area contributed by atoms with Crippen LogP contribution in [0.3, 0.4) is 0 Å². The zero-order valence-electron chi connectivity index (χ0n) is 18.3. The van der Waals surface area contributed by atoms with E-state index in [1.807, 2.05) is 0 Å². The van der Waals surface area contributed by atoms with E-state index < -0.39 is 19.7 Å². The van der Waals surface area contributed by atoms with E-state index >= 15 is 0 Å². The van der Waals surface area contributed by atoms with Gasteiger partial charge < -0.3 is 9.47 Å². The van der Waals surface area contributed by atoms with Gasteiger partial charge in [-0.3, -0.25) is 20.2 Å². The van der Waals surface area contributed by atoms with Crippen molar-refractivity contribution in [3.63, 3.8) is 0 Å². The van der Waals surface area contributed by atoms with E-state index in [2.05, 4.69) is 0 Å². The molecule has 10 nitrogen and oxygen atoms in total. The Bertz CT molecular complexity index is 1140. The third-order valence-corrected chi connectivity index (χ3v) is 8.56. The van der Waals surface area contributed by atoms with Gasteiger partial charge in [-0.2, -0.15) is 0 Å². The summed E-state index contributed by atoms with van der Waals surface area (Å²) in [4.78, 5) is 22.3. The molecule has 2 aromatic rings. The Balaban J connectivity index is 2.02. The number of rotatable bonds is 8. The zero-order valence-corrected chi connectivity index (χ0v) is 19.1. The number of hydrogen-bond acceptors (Lipinski definition) is 8. The van der Waals surface area contributed by atoms with Crippen molar-refractivity contribution >= 4 is 21.2 Å². The molecule has 2 fully saturated rings. The molecule has 0 radical (unpaired) electrons. The van der Waals surface area contributed by atoms with Crippen LogP contribution in [-0.4, -0.2) is 32.5 Å². The first-order valence-corrected chi connectivity index (χ1v) is 12.2. The first kappa shape index (κ1) is 23.0. The number of nitro benzene ring substituents is 2. The Morgan fingerprint density at radius 1 is 0.758 bits per heavy atom. The molecule has 0 atom stereocenters. The van der Waals surface area contributed by atoms with Crippen LogP contribution in [0.5, 0.6) is 11.5 Å². The van der Waals surface area contributed by atoms with Crippen molar-refractivity contribution in [2.24, 2.45) is 0 Å². The highest BCUT2D eigenvalue weighted by Crippen LogP contribution is 2.51. The van der Waals surface area contributed by atoms with Crippen molar-refractivity contribution in [1.29, 1.82) is 0 Å². The number of ether oxygens (including phenoxy) is 2. The Hall–Kier alpha value is -3.21. The fourth-order valence-electron chi connectivity index (χ4n) is 4.62. The monoisotopic (exact) mass is 476 g/mol. The van der Waals surface area contributed by atoms with Gasteiger partial charge in [0.15, 0.2) is 11.5 Å². The summed E-state index contributed by atoms with van der Waals surface area (Å²) >= 11 is 0. The van der Waals surface area contributed by atoms with Crippen LogP contribution in [0.2, 0.25) is 0 Å². The third-order valence-electron chi connectivity index (χ3n) is 6.69. The van der Waals surface area contributed by atoms with Crippen LogP contribution in [-0.2, 0) is 9.84 Å². The van der Waals surface area contributed by atoms with Crippen LogP contribution < -0.4 is 9.47 Å². The smallest absolute Gasteiger partial charge is 0.315 e. The summed E-state index contributed by atoms with van der Waals surface area (Å²) in [6.45, 7) is 0. The fraction of sp³-hybridized carbons (Fsp3) is 0.455. The molecular formula is C22H24N2O8S. The fourth-order valence-corrected chi connectivity index (χ4v) is 6.45. The lowest BCUT2D eigenvalue weighted by molar-refractivity contribution is -0.387. The van der Waals surface area contributed by atoms with Crippen molar-refractivity contribution < 1.29 is 27.7 Å². The largest absolute Gasteiger partial charge is 0.490 e. The summed E-state index contributed by atoms with van der Waals surface area (Å²) in [6, 6.07) is 5.17. The van der Waals surface area contributed by atoms with Crippen molar-refractivity contribution in [3.8, 4) is 11.5 Å². The second-order valence-electron chi connectivity index (χ2n) is 8.33. The Morgan fingerprint density at radius 2 is 1.12 bits per heavy atom. The molecule has 2 aliphatic rings. The lowest BCUT2D eigenvalue weighted by atomic mass is 9.79. The number of nitrogens with zero attached hydrogens (tertiary/aromatic N) is 2. The summed E-state index contributed by atoms with van der Waals surface area (Å²) in [5.41, 5.74) is -0.500. The van der Waals surface area contributed by atoms with Crippen LogP contribution in [0, 0.1) is 20.2 Å². The average molecular weight is 477 g/mol. The van der Waals surface area contributed by atoms with Gasteiger partial charge in [-0.1, -0.05) is 12.8 Å². The van der Waals surface area contributed by atoms with Crippen molar-refractivity contribution in [3.05, 3.63) is 55.6 Å². The van der Waals surface area contributed by atoms with Gasteiger partial charge in [0.1, 0.15) is 0 Å². The summed E-state index contributed by atoms with van der Waals surface area (Å²) in [6.07, 6.45) is 4.15. The minimum atomic E-state index is -4.32. The van der Waals surface area contributed by atoms with Crippen molar-refractivity contribution in [1.82, 2.24) is 0 Å². The molecular weight excluding hydrogens is 452 g/mol. The molecule has 0 aromatic heterocycles. The summed E-state index contributed by atoms with van der Waals surface area (Å²) in [7, 11) is -1.74. The van der Waals surface area contributed by atoms with E-state index in [1.54, 1.807) is 0 Å². The van der Waals surface area contributed by atoms with Gasteiger partial charge in [0.2, 0.25) is 9.84 Å². The quantitative estimate of drug-likeness (QED) is 0.388. The first-order valence-electron chi connectivity index (χ1n) is 10.7. The number of hydrogen-bond donors (Lipinski definition) is 0. The Morgan fingerprint density at radius 3 is 1.36 bits per heavy atom. The zero-order chi connectivity index (χ0) is 23.9. The average Bonchev–Trinajstić information content (AvgIpc) is 2.69. The van der Waals surface area contributed by atoms with Crippen LogP contribution in [0.25, 0.3) is 0 Å².